The molecule has 0 rings (SSSR count). The minimum atomic E-state index is -1.32. The van der Waals surface area contributed by atoms with E-state index in [1.807, 2.05) is 13.8 Å². The molecule has 0 aromatic rings. The number of urea groups is 1. The minimum absolute atomic E-state index is 0.0104. The SMILES string of the molecule is CCN(C(=O)N(C)CC(=O)NC(C)C)C(C)(C)C(=O)O. The van der Waals surface area contributed by atoms with Gasteiger partial charge < -0.3 is 20.2 Å². The molecule has 0 aliphatic rings. The Morgan fingerprint density at radius 1 is 1.25 bits per heavy atom. The zero-order valence-electron chi connectivity index (χ0n) is 13.1. The van der Waals surface area contributed by atoms with E-state index in [0.29, 0.717) is 0 Å². The molecule has 3 amide bonds. The first-order valence-electron chi connectivity index (χ1n) is 6.59. The van der Waals surface area contributed by atoms with Crippen LogP contribution in [0.5, 0.6) is 0 Å². The highest BCUT2D eigenvalue weighted by molar-refractivity contribution is 5.88. The summed E-state index contributed by atoms with van der Waals surface area (Å²) in [5.74, 6) is -1.37. The zero-order valence-corrected chi connectivity index (χ0v) is 13.1. The van der Waals surface area contributed by atoms with Crippen LogP contribution >= 0.6 is 0 Å². The topological polar surface area (TPSA) is 90.0 Å². The van der Waals surface area contributed by atoms with Crippen LogP contribution in [0.25, 0.3) is 0 Å². The predicted molar refractivity (Wildman–Crippen MR) is 75.4 cm³/mol. The average molecular weight is 287 g/mol. The molecule has 0 fully saturated rings. The maximum absolute atomic E-state index is 12.3. The Labute approximate surface area is 119 Å². The molecule has 0 aromatic heterocycles. The fourth-order valence-corrected chi connectivity index (χ4v) is 1.74. The lowest BCUT2D eigenvalue weighted by molar-refractivity contribution is -0.147. The number of carbonyl (C=O) groups excluding carboxylic acids is 2. The molecule has 0 bridgehead atoms. The second-order valence-electron chi connectivity index (χ2n) is 5.47. The van der Waals surface area contributed by atoms with Gasteiger partial charge >= 0.3 is 12.0 Å². The van der Waals surface area contributed by atoms with Crippen molar-refractivity contribution >= 4 is 17.9 Å². The van der Waals surface area contributed by atoms with Crippen molar-refractivity contribution in [3.05, 3.63) is 0 Å². The van der Waals surface area contributed by atoms with E-state index in [4.69, 9.17) is 0 Å². The van der Waals surface area contributed by atoms with Crippen LogP contribution in [0, 0.1) is 0 Å². The van der Waals surface area contributed by atoms with Gasteiger partial charge in [0.15, 0.2) is 0 Å². The molecule has 0 atom stereocenters. The summed E-state index contributed by atoms with van der Waals surface area (Å²) in [7, 11) is 1.48. The van der Waals surface area contributed by atoms with Gasteiger partial charge in [0.25, 0.3) is 0 Å². The van der Waals surface area contributed by atoms with E-state index in [2.05, 4.69) is 5.32 Å². The first-order valence-corrected chi connectivity index (χ1v) is 6.59. The molecular formula is C13H25N3O4. The summed E-state index contributed by atoms with van der Waals surface area (Å²) in [5, 5.41) is 11.9. The van der Waals surface area contributed by atoms with E-state index in [-0.39, 0.29) is 25.0 Å². The highest BCUT2D eigenvalue weighted by Crippen LogP contribution is 2.16. The standard InChI is InChI=1S/C13H25N3O4/c1-7-16(13(4,5)11(18)19)12(20)15(6)8-10(17)14-9(2)3/h9H,7-8H2,1-6H3,(H,14,17)(H,18,19). The zero-order chi connectivity index (χ0) is 16.1. The van der Waals surface area contributed by atoms with Gasteiger partial charge in [0, 0.05) is 19.6 Å². The predicted octanol–water partition coefficient (Wildman–Crippen LogP) is 0.748. The van der Waals surface area contributed by atoms with Crippen LogP contribution in [0.2, 0.25) is 0 Å². The normalized spacial score (nSPS) is 11.2. The Morgan fingerprint density at radius 3 is 2.10 bits per heavy atom. The lowest BCUT2D eigenvalue weighted by Gasteiger charge is -2.36. The van der Waals surface area contributed by atoms with Gasteiger partial charge in [-0.3, -0.25) is 4.79 Å². The summed E-state index contributed by atoms with van der Waals surface area (Å²) in [6.45, 7) is 8.40. The van der Waals surface area contributed by atoms with E-state index >= 15 is 0 Å². The van der Waals surface area contributed by atoms with E-state index in [1.54, 1.807) is 6.92 Å². The van der Waals surface area contributed by atoms with Crippen LogP contribution in [-0.2, 0) is 9.59 Å². The third-order valence-corrected chi connectivity index (χ3v) is 2.90. The number of amides is 3. The third-order valence-electron chi connectivity index (χ3n) is 2.90. The summed E-state index contributed by atoms with van der Waals surface area (Å²) in [5.41, 5.74) is -1.32. The fraction of sp³-hybridized carbons (Fsp3) is 0.769. The van der Waals surface area contributed by atoms with Gasteiger partial charge in [0.05, 0.1) is 0 Å². The minimum Gasteiger partial charge on any atom is -0.480 e. The number of nitrogens with one attached hydrogen (secondary N) is 1. The molecule has 0 aliphatic heterocycles. The quantitative estimate of drug-likeness (QED) is 0.754. The van der Waals surface area contributed by atoms with Gasteiger partial charge in [-0.25, -0.2) is 9.59 Å². The van der Waals surface area contributed by atoms with Gasteiger partial charge in [0.1, 0.15) is 12.1 Å². The molecule has 0 saturated heterocycles. The van der Waals surface area contributed by atoms with E-state index in [0.717, 1.165) is 0 Å². The van der Waals surface area contributed by atoms with E-state index < -0.39 is 17.5 Å². The van der Waals surface area contributed by atoms with Crippen LogP contribution in [0.1, 0.15) is 34.6 Å². The number of nitrogens with zero attached hydrogens (tertiary/aromatic N) is 2. The molecule has 116 valence electrons. The number of carboxylic acids is 1. The van der Waals surface area contributed by atoms with Crippen LogP contribution in [0.15, 0.2) is 0 Å². The Kier molecular flexibility index (Phi) is 6.48. The van der Waals surface area contributed by atoms with Crippen molar-refractivity contribution < 1.29 is 19.5 Å². The molecule has 0 heterocycles. The van der Waals surface area contributed by atoms with Crippen molar-refractivity contribution in [3.8, 4) is 0 Å². The number of carboxylic acid groups (broad SMARTS) is 1. The van der Waals surface area contributed by atoms with Gasteiger partial charge in [-0.1, -0.05) is 0 Å². The maximum Gasteiger partial charge on any atom is 0.329 e. The number of carbonyl (C=O) groups is 3. The highest BCUT2D eigenvalue weighted by atomic mass is 16.4. The first-order chi connectivity index (χ1) is 9.03. The van der Waals surface area contributed by atoms with Crippen LogP contribution in [0.3, 0.4) is 0 Å². The average Bonchev–Trinajstić information content (AvgIpc) is 2.27. The van der Waals surface area contributed by atoms with Crippen molar-refractivity contribution in [3.63, 3.8) is 0 Å². The lowest BCUT2D eigenvalue weighted by atomic mass is 10.0. The van der Waals surface area contributed by atoms with Gasteiger partial charge in [-0.05, 0) is 34.6 Å². The van der Waals surface area contributed by atoms with E-state index in [1.165, 1.54) is 30.7 Å². The van der Waals surface area contributed by atoms with Crippen molar-refractivity contribution in [2.45, 2.75) is 46.2 Å². The number of hydrogen-bond acceptors (Lipinski definition) is 3. The molecule has 2 N–H and O–H groups in total. The number of rotatable bonds is 6. The summed E-state index contributed by atoms with van der Waals surface area (Å²) < 4.78 is 0. The highest BCUT2D eigenvalue weighted by Gasteiger charge is 2.38. The van der Waals surface area contributed by atoms with Crippen molar-refractivity contribution in [1.82, 2.24) is 15.1 Å². The summed E-state index contributed by atoms with van der Waals surface area (Å²) in [4.78, 5) is 37.5. The maximum atomic E-state index is 12.3. The summed E-state index contributed by atoms with van der Waals surface area (Å²) >= 11 is 0. The summed E-state index contributed by atoms with van der Waals surface area (Å²) in [6, 6.07) is -0.498. The number of likely N-dealkylation sites (N-methyl/N-ethyl adjacent to an activating group) is 2. The van der Waals surface area contributed by atoms with Crippen molar-refractivity contribution in [1.29, 1.82) is 0 Å². The molecular weight excluding hydrogens is 262 g/mol. The van der Waals surface area contributed by atoms with Gasteiger partial charge in [0.2, 0.25) is 5.91 Å². The van der Waals surface area contributed by atoms with Gasteiger partial charge in [-0.15, -0.1) is 0 Å². The second-order valence-corrected chi connectivity index (χ2v) is 5.47. The molecule has 0 aliphatic carbocycles. The Hall–Kier alpha value is -1.79. The largest absolute Gasteiger partial charge is 0.480 e. The first kappa shape index (κ1) is 18.2. The molecule has 20 heavy (non-hydrogen) atoms. The molecule has 7 nitrogen and oxygen atoms in total. The Morgan fingerprint density at radius 2 is 1.75 bits per heavy atom. The molecule has 0 aromatic carbocycles. The fourth-order valence-electron chi connectivity index (χ4n) is 1.74. The molecule has 0 radical (unpaired) electrons. The summed E-state index contributed by atoms with van der Waals surface area (Å²) in [6.07, 6.45) is 0. The van der Waals surface area contributed by atoms with Crippen LogP contribution in [0.4, 0.5) is 4.79 Å². The van der Waals surface area contributed by atoms with Crippen molar-refractivity contribution in [2.75, 3.05) is 20.1 Å². The Bertz CT molecular complexity index is 380. The van der Waals surface area contributed by atoms with Gasteiger partial charge in [-0.2, -0.15) is 0 Å². The number of hydrogen-bond donors (Lipinski definition) is 2. The smallest absolute Gasteiger partial charge is 0.329 e. The molecule has 0 unspecified atom stereocenters. The second kappa shape index (κ2) is 7.12. The van der Waals surface area contributed by atoms with Crippen LogP contribution < -0.4 is 5.32 Å². The van der Waals surface area contributed by atoms with Crippen molar-refractivity contribution in [2.24, 2.45) is 0 Å². The third kappa shape index (κ3) is 4.71. The Balaban J connectivity index is 4.85. The molecule has 7 heteroatoms. The lowest BCUT2D eigenvalue weighted by Crippen LogP contribution is -2.57. The van der Waals surface area contributed by atoms with Crippen LogP contribution in [-0.4, -0.2) is 64.5 Å². The molecule has 0 saturated carbocycles. The molecule has 0 spiro atoms. The van der Waals surface area contributed by atoms with E-state index in [9.17, 15) is 19.5 Å². The monoisotopic (exact) mass is 287 g/mol. The number of aliphatic carboxylic acids is 1.